The van der Waals surface area contributed by atoms with E-state index in [2.05, 4.69) is 4.52 Å². The van der Waals surface area contributed by atoms with Gasteiger partial charge >= 0.3 is 0 Å². The lowest BCUT2D eigenvalue weighted by molar-refractivity contribution is -0.228. The van der Waals surface area contributed by atoms with Gasteiger partial charge in [0.1, 0.15) is 0 Å². The maximum absolute atomic E-state index is 11.2. The fourth-order valence-electron chi connectivity index (χ4n) is 1.39. The van der Waals surface area contributed by atoms with Crippen molar-refractivity contribution >= 4 is 7.82 Å². The fraction of sp³-hybridized carbons (Fsp3) is 1.00. The molecular formula is C11H24O5P-. The molecule has 0 aliphatic heterocycles. The van der Waals surface area contributed by atoms with Crippen LogP contribution in [-0.4, -0.2) is 24.4 Å². The summed E-state index contributed by atoms with van der Waals surface area (Å²) >= 11 is 0. The highest BCUT2D eigenvalue weighted by atomic mass is 31.2. The summed E-state index contributed by atoms with van der Waals surface area (Å²) in [6.45, 7) is 3.73. The first-order chi connectivity index (χ1) is 7.98. The molecule has 0 aromatic heterocycles. The van der Waals surface area contributed by atoms with Gasteiger partial charge in [-0.3, -0.25) is 4.57 Å². The highest BCUT2D eigenvalue weighted by Crippen LogP contribution is 2.39. The number of hydrogen-bond acceptors (Lipinski definition) is 5. The monoisotopic (exact) mass is 267 g/mol. The van der Waals surface area contributed by atoms with Gasteiger partial charge in [-0.05, 0) is 26.7 Å². The van der Waals surface area contributed by atoms with E-state index >= 15 is 0 Å². The molecule has 1 unspecified atom stereocenters. The average Bonchev–Trinajstić information content (AvgIpc) is 2.20. The first-order valence-corrected chi connectivity index (χ1v) is 7.69. The summed E-state index contributed by atoms with van der Waals surface area (Å²) in [5.74, 6) is 0. The second-order valence-electron chi connectivity index (χ2n) is 4.28. The van der Waals surface area contributed by atoms with Crippen LogP contribution < -0.4 is 4.89 Å². The van der Waals surface area contributed by atoms with E-state index in [1.165, 1.54) is 0 Å². The summed E-state index contributed by atoms with van der Waals surface area (Å²) in [4.78, 5) is 11.2. The molecule has 0 saturated carbocycles. The summed E-state index contributed by atoms with van der Waals surface area (Å²) in [6, 6.07) is 0. The molecule has 0 bridgehead atoms. The Morgan fingerprint density at radius 2 is 1.65 bits per heavy atom. The second kappa shape index (κ2) is 10.0. The van der Waals surface area contributed by atoms with Crippen LogP contribution in [0.1, 0.15) is 52.4 Å². The molecule has 5 nitrogen and oxygen atoms in total. The highest BCUT2D eigenvalue weighted by Gasteiger charge is 2.10. The van der Waals surface area contributed by atoms with Crippen LogP contribution in [0, 0.1) is 0 Å². The van der Waals surface area contributed by atoms with Gasteiger partial charge in [-0.2, -0.15) is 0 Å². The number of aliphatic hydroxyl groups excluding tert-OH is 1. The van der Waals surface area contributed by atoms with E-state index in [0.717, 1.165) is 32.1 Å². The fourth-order valence-corrected chi connectivity index (χ4v) is 2.32. The zero-order valence-corrected chi connectivity index (χ0v) is 11.7. The molecule has 1 atom stereocenters. The normalized spacial score (nSPS) is 15.1. The highest BCUT2D eigenvalue weighted by molar-refractivity contribution is 7.45. The molecule has 0 fully saturated rings. The van der Waals surface area contributed by atoms with Crippen LogP contribution >= 0.6 is 7.82 Å². The van der Waals surface area contributed by atoms with Crippen LogP contribution in [-0.2, 0) is 13.6 Å². The number of rotatable bonds is 11. The van der Waals surface area contributed by atoms with Gasteiger partial charge in [0, 0.05) is 6.61 Å². The maximum Gasteiger partial charge on any atom is 0.268 e. The molecule has 0 heterocycles. The summed E-state index contributed by atoms with van der Waals surface area (Å²) in [6.07, 6.45) is 5.24. The van der Waals surface area contributed by atoms with Crippen LogP contribution in [0.25, 0.3) is 0 Å². The minimum Gasteiger partial charge on any atom is -0.756 e. The lowest BCUT2D eigenvalue weighted by atomic mass is 10.1. The third-order valence-corrected chi connectivity index (χ3v) is 3.32. The van der Waals surface area contributed by atoms with Crippen LogP contribution in [0.15, 0.2) is 0 Å². The summed E-state index contributed by atoms with van der Waals surface area (Å²) in [5.41, 5.74) is 0. The molecule has 0 aromatic rings. The molecule has 6 heteroatoms. The number of hydrogen-bond donors (Lipinski definition) is 1. The first-order valence-electron chi connectivity index (χ1n) is 6.23. The molecule has 0 aliphatic carbocycles. The first kappa shape index (κ1) is 17.1. The summed E-state index contributed by atoms with van der Waals surface area (Å²) in [5, 5.41) is 8.57. The van der Waals surface area contributed by atoms with Crippen molar-refractivity contribution in [1.82, 2.24) is 0 Å². The van der Waals surface area contributed by atoms with Crippen molar-refractivity contribution in [2.24, 2.45) is 0 Å². The molecular weight excluding hydrogens is 243 g/mol. The molecule has 0 rings (SSSR count). The van der Waals surface area contributed by atoms with Crippen molar-refractivity contribution in [1.29, 1.82) is 0 Å². The Balaban J connectivity index is 3.35. The zero-order chi connectivity index (χ0) is 13.1. The van der Waals surface area contributed by atoms with Gasteiger partial charge in [0.05, 0.1) is 12.7 Å². The molecule has 0 radical (unpaired) electrons. The van der Waals surface area contributed by atoms with Crippen molar-refractivity contribution < 1.29 is 23.6 Å². The van der Waals surface area contributed by atoms with E-state index in [4.69, 9.17) is 9.63 Å². The lowest BCUT2D eigenvalue weighted by Crippen LogP contribution is -2.13. The van der Waals surface area contributed by atoms with Crippen LogP contribution in [0.5, 0.6) is 0 Å². The number of phosphoric ester groups is 1. The lowest BCUT2D eigenvalue weighted by Gasteiger charge is -2.24. The predicted octanol–water partition coefficient (Wildman–Crippen LogP) is 2.23. The Hall–Kier alpha value is 0.0700. The minimum absolute atomic E-state index is 0.188. The topological polar surface area (TPSA) is 78.8 Å². The average molecular weight is 267 g/mol. The van der Waals surface area contributed by atoms with Crippen LogP contribution in [0.4, 0.5) is 0 Å². The van der Waals surface area contributed by atoms with Gasteiger partial charge < -0.3 is 19.0 Å². The van der Waals surface area contributed by atoms with E-state index in [-0.39, 0.29) is 19.3 Å². The molecule has 17 heavy (non-hydrogen) atoms. The van der Waals surface area contributed by atoms with E-state index in [0.29, 0.717) is 6.42 Å². The van der Waals surface area contributed by atoms with Gasteiger partial charge in [0.25, 0.3) is 7.82 Å². The summed E-state index contributed by atoms with van der Waals surface area (Å²) in [7, 11) is -4.10. The molecule has 0 aromatic carbocycles. The SMILES string of the molecule is CC(C)OP(=O)([O-])OCCCCCCCCO. The predicted molar refractivity (Wildman–Crippen MR) is 64.6 cm³/mol. The Bertz CT molecular complexity index is 220. The van der Waals surface area contributed by atoms with E-state index in [1.807, 2.05) is 0 Å². The van der Waals surface area contributed by atoms with Gasteiger partial charge in [-0.25, -0.2) is 0 Å². The van der Waals surface area contributed by atoms with E-state index < -0.39 is 7.82 Å². The molecule has 104 valence electrons. The smallest absolute Gasteiger partial charge is 0.268 e. The largest absolute Gasteiger partial charge is 0.756 e. The Morgan fingerprint density at radius 3 is 2.18 bits per heavy atom. The third-order valence-electron chi connectivity index (χ3n) is 2.14. The zero-order valence-electron chi connectivity index (χ0n) is 10.8. The Labute approximate surface area is 104 Å². The second-order valence-corrected chi connectivity index (χ2v) is 5.64. The van der Waals surface area contributed by atoms with Crippen molar-refractivity contribution in [3.05, 3.63) is 0 Å². The standard InChI is InChI=1S/C11H25O5P/c1-11(2)16-17(13,14)15-10-8-6-4-3-5-7-9-12/h11-12H,3-10H2,1-2H3,(H,13,14)/p-1. The van der Waals surface area contributed by atoms with Crippen LogP contribution in [0.2, 0.25) is 0 Å². The third kappa shape index (κ3) is 12.3. The van der Waals surface area contributed by atoms with Crippen molar-refractivity contribution in [2.75, 3.05) is 13.2 Å². The van der Waals surface area contributed by atoms with Crippen molar-refractivity contribution in [3.8, 4) is 0 Å². The molecule has 0 spiro atoms. The van der Waals surface area contributed by atoms with Gasteiger partial charge in [0.2, 0.25) is 0 Å². The molecule has 0 amide bonds. The quantitative estimate of drug-likeness (QED) is 0.458. The van der Waals surface area contributed by atoms with Gasteiger partial charge in [-0.15, -0.1) is 0 Å². The summed E-state index contributed by atoms with van der Waals surface area (Å²) < 4.78 is 20.5. The number of unbranched alkanes of at least 4 members (excludes halogenated alkanes) is 5. The van der Waals surface area contributed by atoms with Crippen LogP contribution in [0.3, 0.4) is 0 Å². The Morgan fingerprint density at radius 1 is 1.12 bits per heavy atom. The minimum atomic E-state index is -4.10. The molecule has 1 N–H and O–H groups in total. The Kier molecular flexibility index (Phi) is 10.1. The van der Waals surface area contributed by atoms with Gasteiger partial charge in [-0.1, -0.05) is 25.7 Å². The maximum atomic E-state index is 11.2. The van der Waals surface area contributed by atoms with Crippen molar-refractivity contribution in [2.45, 2.75) is 58.5 Å². The number of phosphoric acid groups is 1. The molecule has 0 aliphatic rings. The van der Waals surface area contributed by atoms with E-state index in [1.54, 1.807) is 13.8 Å². The molecule has 0 saturated heterocycles. The van der Waals surface area contributed by atoms with E-state index in [9.17, 15) is 9.46 Å². The van der Waals surface area contributed by atoms with Crippen molar-refractivity contribution in [3.63, 3.8) is 0 Å². The number of aliphatic hydroxyl groups is 1. The van der Waals surface area contributed by atoms with Gasteiger partial charge in [0.15, 0.2) is 0 Å².